The quantitative estimate of drug-likeness (QED) is 0.761. The molecule has 7 heteroatoms. The fourth-order valence-electron chi connectivity index (χ4n) is 2.61. The van der Waals surface area contributed by atoms with Gasteiger partial charge in [-0.2, -0.15) is 0 Å². The van der Waals surface area contributed by atoms with Crippen LogP contribution in [0.4, 0.5) is 0 Å². The zero-order valence-electron chi connectivity index (χ0n) is 12.3. The van der Waals surface area contributed by atoms with Crippen molar-refractivity contribution in [2.45, 2.75) is 45.4 Å². The lowest BCUT2D eigenvalue weighted by Crippen LogP contribution is -2.75. The lowest BCUT2D eigenvalue weighted by molar-refractivity contribution is -0.170. The van der Waals surface area contributed by atoms with Gasteiger partial charge in [-0.3, -0.25) is 9.48 Å². The van der Waals surface area contributed by atoms with E-state index in [-0.39, 0.29) is 17.4 Å². The Morgan fingerprint density at radius 1 is 1.60 bits per heavy atom. The van der Waals surface area contributed by atoms with Crippen LogP contribution in [0.15, 0.2) is 12.4 Å². The predicted octanol–water partition coefficient (Wildman–Crippen LogP) is -0.0732. The Balaban J connectivity index is 1.86. The van der Waals surface area contributed by atoms with Crippen LogP contribution in [0.5, 0.6) is 0 Å². The smallest absolute Gasteiger partial charge is 0.240 e. The first-order valence-corrected chi connectivity index (χ1v) is 6.94. The van der Waals surface area contributed by atoms with Gasteiger partial charge in [0.2, 0.25) is 5.91 Å². The fourth-order valence-corrected chi connectivity index (χ4v) is 2.61. The molecule has 20 heavy (non-hydrogen) atoms. The Morgan fingerprint density at radius 2 is 2.35 bits per heavy atom. The molecule has 1 saturated carbocycles. The number of amides is 1. The highest BCUT2D eigenvalue weighted by Crippen LogP contribution is 2.49. The van der Waals surface area contributed by atoms with Crippen LogP contribution < -0.4 is 11.1 Å². The van der Waals surface area contributed by atoms with E-state index in [0.29, 0.717) is 26.1 Å². The SMILES string of the molecule is CCOC1CC(N)(C(=O)NCCn2ccnn2)C1(C)C. The number of carbonyl (C=O) groups is 1. The molecule has 112 valence electrons. The van der Waals surface area contributed by atoms with Crippen LogP contribution in [0.1, 0.15) is 27.2 Å². The summed E-state index contributed by atoms with van der Waals surface area (Å²) in [4.78, 5) is 12.3. The van der Waals surface area contributed by atoms with E-state index in [9.17, 15) is 4.79 Å². The van der Waals surface area contributed by atoms with E-state index >= 15 is 0 Å². The summed E-state index contributed by atoms with van der Waals surface area (Å²) in [7, 11) is 0. The van der Waals surface area contributed by atoms with Gasteiger partial charge in [0, 0.05) is 31.2 Å². The van der Waals surface area contributed by atoms with Crippen molar-refractivity contribution < 1.29 is 9.53 Å². The minimum absolute atomic E-state index is 0.0403. The molecule has 0 aromatic carbocycles. The maximum atomic E-state index is 12.3. The van der Waals surface area contributed by atoms with Gasteiger partial charge >= 0.3 is 0 Å². The zero-order chi connectivity index (χ0) is 14.8. The summed E-state index contributed by atoms with van der Waals surface area (Å²) >= 11 is 0. The van der Waals surface area contributed by atoms with E-state index < -0.39 is 5.54 Å². The van der Waals surface area contributed by atoms with Gasteiger partial charge in [-0.15, -0.1) is 5.10 Å². The van der Waals surface area contributed by atoms with Gasteiger partial charge in [0.05, 0.1) is 18.8 Å². The predicted molar refractivity (Wildman–Crippen MR) is 73.8 cm³/mol. The largest absolute Gasteiger partial charge is 0.378 e. The first-order chi connectivity index (χ1) is 9.41. The third-order valence-electron chi connectivity index (χ3n) is 4.33. The summed E-state index contributed by atoms with van der Waals surface area (Å²) < 4.78 is 7.28. The number of carbonyl (C=O) groups excluding carboxylic acids is 1. The minimum atomic E-state index is -0.866. The Labute approximate surface area is 118 Å². The van der Waals surface area contributed by atoms with Crippen LogP contribution in [0.3, 0.4) is 0 Å². The number of hydrogen-bond acceptors (Lipinski definition) is 5. The van der Waals surface area contributed by atoms with Gasteiger partial charge in [0.25, 0.3) is 0 Å². The van der Waals surface area contributed by atoms with Crippen LogP contribution >= 0.6 is 0 Å². The molecule has 1 aliphatic carbocycles. The summed E-state index contributed by atoms with van der Waals surface area (Å²) in [5.41, 5.74) is 5.05. The van der Waals surface area contributed by atoms with Gasteiger partial charge in [0.15, 0.2) is 0 Å². The molecule has 1 aromatic rings. The highest BCUT2D eigenvalue weighted by atomic mass is 16.5. The van der Waals surface area contributed by atoms with Crippen molar-refractivity contribution in [3.8, 4) is 0 Å². The third kappa shape index (κ3) is 2.43. The molecule has 0 saturated heterocycles. The number of nitrogens with zero attached hydrogens (tertiary/aromatic N) is 3. The van der Waals surface area contributed by atoms with Gasteiger partial charge in [-0.1, -0.05) is 19.1 Å². The molecule has 2 rings (SSSR count). The molecular formula is C13H23N5O2. The van der Waals surface area contributed by atoms with Crippen LogP contribution in [-0.4, -0.2) is 45.7 Å². The van der Waals surface area contributed by atoms with Crippen molar-refractivity contribution >= 4 is 5.91 Å². The zero-order valence-corrected chi connectivity index (χ0v) is 12.3. The number of aromatic nitrogens is 3. The Morgan fingerprint density at radius 3 is 2.90 bits per heavy atom. The molecule has 1 heterocycles. The fraction of sp³-hybridized carbons (Fsp3) is 0.769. The lowest BCUT2D eigenvalue weighted by Gasteiger charge is -2.57. The highest BCUT2D eigenvalue weighted by molar-refractivity contribution is 5.88. The van der Waals surface area contributed by atoms with Crippen LogP contribution in [0.25, 0.3) is 0 Å². The first kappa shape index (κ1) is 14.9. The van der Waals surface area contributed by atoms with Crippen LogP contribution in [0, 0.1) is 5.41 Å². The molecule has 1 aliphatic rings. The number of hydrogen-bond donors (Lipinski definition) is 2. The van der Waals surface area contributed by atoms with Gasteiger partial charge in [-0.05, 0) is 6.92 Å². The van der Waals surface area contributed by atoms with E-state index in [1.807, 2.05) is 20.8 Å². The lowest BCUT2D eigenvalue weighted by atomic mass is 9.54. The molecule has 0 bridgehead atoms. The van der Waals surface area contributed by atoms with Crippen LogP contribution in [0.2, 0.25) is 0 Å². The molecule has 1 fully saturated rings. The van der Waals surface area contributed by atoms with Crippen molar-refractivity contribution in [2.24, 2.45) is 11.1 Å². The number of rotatable bonds is 6. The summed E-state index contributed by atoms with van der Waals surface area (Å²) in [5, 5.41) is 10.4. The molecule has 0 aliphatic heterocycles. The average molecular weight is 281 g/mol. The van der Waals surface area contributed by atoms with Crippen LogP contribution in [-0.2, 0) is 16.1 Å². The Bertz CT molecular complexity index is 459. The van der Waals surface area contributed by atoms with Gasteiger partial charge in [-0.25, -0.2) is 0 Å². The molecule has 0 radical (unpaired) electrons. The minimum Gasteiger partial charge on any atom is -0.378 e. The van der Waals surface area contributed by atoms with Crippen molar-refractivity contribution in [1.82, 2.24) is 20.3 Å². The van der Waals surface area contributed by atoms with Crippen molar-refractivity contribution in [1.29, 1.82) is 0 Å². The van der Waals surface area contributed by atoms with E-state index in [4.69, 9.17) is 10.5 Å². The van der Waals surface area contributed by atoms with E-state index in [0.717, 1.165) is 0 Å². The van der Waals surface area contributed by atoms with E-state index in [2.05, 4.69) is 15.6 Å². The van der Waals surface area contributed by atoms with Crippen molar-refractivity contribution in [3.05, 3.63) is 12.4 Å². The summed E-state index contributed by atoms with van der Waals surface area (Å²) in [5.74, 6) is -0.126. The topological polar surface area (TPSA) is 95.1 Å². The first-order valence-electron chi connectivity index (χ1n) is 6.94. The molecular weight excluding hydrogens is 258 g/mol. The standard InChI is InChI=1S/C13H23N5O2/c1-4-20-10-9-13(14,12(10,2)3)11(19)15-5-7-18-8-6-16-17-18/h6,8,10H,4-5,7,9,14H2,1-3H3,(H,15,19). The Hall–Kier alpha value is -1.47. The second-order valence-electron chi connectivity index (χ2n) is 5.76. The molecule has 3 N–H and O–H groups in total. The normalized spacial score (nSPS) is 27.9. The Kier molecular flexibility index (Phi) is 4.10. The maximum Gasteiger partial charge on any atom is 0.240 e. The van der Waals surface area contributed by atoms with E-state index in [1.54, 1.807) is 17.1 Å². The molecule has 1 aromatic heterocycles. The molecule has 2 unspecified atom stereocenters. The summed E-state index contributed by atoms with van der Waals surface area (Å²) in [6.45, 7) is 7.61. The van der Waals surface area contributed by atoms with Gasteiger partial charge in [0.1, 0.15) is 5.54 Å². The molecule has 7 nitrogen and oxygen atoms in total. The van der Waals surface area contributed by atoms with Crippen molar-refractivity contribution in [3.63, 3.8) is 0 Å². The average Bonchev–Trinajstić information content (AvgIpc) is 2.91. The number of nitrogens with two attached hydrogens (primary N) is 1. The number of ether oxygens (including phenoxy) is 1. The molecule has 0 spiro atoms. The highest BCUT2D eigenvalue weighted by Gasteiger charge is 2.62. The third-order valence-corrected chi connectivity index (χ3v) is 4.33. The van der Waals surface area contributed by atoms with E-state index in [1.165, 1.54) is 0 Å². The van der Waals surface area contributed by atoms with Gasteiger partial charge < -0.3 is 15.8 Å². The second-order valence-corrected chi connectivity index (χ2v) is 5.76. The maximum absolute atomic E-state index is 12.3. The summed E-state index contributed by atoms with van der Waals surface area (Å²) in [6.07, 6.45) is 3.96. The second kappa shape index (κ2) is 5.49. The van der Waals surface area contributed by atoms with Crippen molar-refractivity contribution in [2.75, 3.05) is 13.2 Å². The monoisotopic (exact) mass is 281 g/mol. The number of nitrogens with one attached hydrogen (secondary N) is 1. The molecule has 2 atom stereocenters. The molecule has 1 amide bonds. The summed E-state index contributed by atoms with van der Waals surface area (Å²) in [6, 6.07) is 0.